The lowest BCUT2D eigenvalue weighted by Crippen LogP contribution is -2.40. The molecular weight excluding hydrogens is 309 g/mol. The minimum Gasteiger partial charge on any atom is -0.488 e. The van der Waals surface area contributed by atoms with E-state index in [1.807, 2.05) is 0 Å². The second kappa shape index (κ2) is 5.89. The third-order valence-electron chi connectivity index (χ3n) is 2.87. The largest absolute Gasteiger partial charge is 0.488 e. The summed E-state index contributed by atoms with van der Waals surface area (Å²) in [4.78, 5) is 0. The molecule has 0 aliphatic rings. The topological polar surface area (TPSA) is 38.7 Å². The Kier molecular flexibility index (Phi) is 5.02. The van der Waals surface area contributed by atoms with E-state index in [9.17, 15) is 18.3 Å². The minimum atomic E-state index is -4.84. The molecule has 0 amide bonds. The van der Waals surface area contributed by atoms with E-state index < -0.39 is 23.0 Å². The van der Waals surface area contributed by atoms with Gasteiger partial charge in [0.1, 0.15) is 22.7 Å². The fourth-order valence-corrected chi connectivity index (χ4v) is 1.88. The van der Waals surface area contributed by atoms with Crippen LogP contribution in [0, 0.1) is 0 Å². The molecule has 0 aliphatic heterocycles. The molecule has 1 atom stereocenters. The van der Waals surface area contributed by atoms with E-state index in [2.05, 4.69) is 0 Å². The fourth-order valence-electron chi connectivity index (χ4n) is 1.88. The number of hydrogen-bond donors (Lipinski definition) is 1. The van der Waals surface area contributed by atoms with Gasteiger partial charge < -0.3 is 14.6 Å². The molecule has 23 heavy (non-hydrogen) atoms. The number of alkyl halides is 3. The van der Waals surface area contributed by atoms with Crippen LogP contribution in [-0.2, 0) is 5.60 Å². The normalized spacial score (nSPS) is 16.0. The lowest BCUT2D eigenvalue weighted by atomic mass is 9.93. The molecule has 0 spiro atoms. The van der Waals surface area contributed by atoms with Crippen molar-refractivity contribution < 1.29 is 27.8 Å². The number of ether oxygens (including phenoxy) is 2. The minimum absolute atomic E-state index is 0.0268. The van der Waals surface area contributed by atoms with Gasteiger partial charge in [-0.25, -0.2) is 0 Å². The van der Waals surface area contributed by atoms with Crippen molar-refractivity contribution >= 4 is 0 Å². The predicted octanol–water partition coefficient (Wildman–Crippen LogP) is 4.81. The maximum Gasteiger partial charge on any atom is 0.421 e. The van der Waals surface area contributed by atoms with Crippen LogP contribution in [0.15, 0.2) is 18.2 Å². The quantitative estimate of drug-likeness (QED) is 0.862. The van der Waals surface area contributed by atoms with Gasteiger partial charge in [-0.3, -0.25) is 0 Å². The molecule has 1 rings (SSSR count). The standard InChI is InChI=1S/C17H25F3O3/c1-14(2,3)22-11-8-9-13(23-15(4,5)6)12(10-11)16(7,21)17(18,19)20/h8-10,21H,1-7H3. The van der Waals surface area contributed by atoms with Gasteiger partial charge in [0.2, 0.25) is 0 Å². The van der Waals surface area contributed by atoms with Crippen molar-refractivity contribution in [2.24, 2.45) is 0 Å². The number of halogens is 3. The van der Waals surface area contributed by atoms with E-state index in [-0.39, 0.29) is 17.1 Å². The summed E-state index contributed by atoms with van der Waals surface area (Å²) in [6.45, 7) is 11.2. The van der Waals surface area contributed by atoms with Gasteiger partial charge in [-0.2, -0.15) is 13.2 Å². The van der Waals surface area contributed by atoms with Crippen LogP contribution in [-0.4, -0.2) is 22.5 Å². The second-order valence-electron chi connectivity index (χ2n) is 7.66. The van der Waals surface area contributed by atoms with Crippen molar-refractivity contribution in [2.75, 3.05) is 0 Å². The highest BCUT2D eigenvalue weighted by Crippen LogP contribution is 2.44. The summed E-state index contributed by atoms with van der Waals surface area (Å²) in [6, 6.07) is 4.10. The van der Waals surface area contributed by atoms with Crippen LogP contribution in [0.2, 0.25) is 0 Å². The monoisotopic (exact) mass is 334 g/mol. The Hall–Kier alpha value is -1.43. The molecule has 0 fully saturated rings. The SMILES string of the molecule is CC(C)(C)Oc1ccc(OC(C)(C)C)c(C(C)(O)C(F)(F)F)c1. The highest BCUT2D eigenvalue weighted by Gasteiger charge is 2.53. The summed E-state index contributed by atoms with van der Waals surface area (Å²) in [5.41, 5.74) is -4.71. The molecule has 0 radical (unpaired) electrons. The fraction of sp³-hybridized carbons (Fsp3) is 0.647. The Morgan fingerprint density at radius 1 is 0.826 bits per heavy atom. The summed E-state index contributed by atoms with van der Waals surface area (Å²) < 4.78 is 51.0. The van der Waals surface area contributed by atoms with Gasteiger partial charge in [0.25, 0.3) is 0 Å². The van der Waals surface area contributed by atoms with Crippen molar-refractivity contribution in [2.45, 2.75) is 71.4 Å². The number of hydrogen-bond acceptors (Lipinski definition) is 3. The maximum atomic E-state index is 13.3. The van der Waals surface area contributed by atoms with Gasteiger partial charge >= 0.3 is 6.18 Å². The van der Waals surface area contributed by atoms with Gasteiger partial charge in [0.05, 0.1) is 0 Å². The van der Waals surface area contributed by atoms with Crippen molar-refractivity contribution in [3.05, 3.63) is 23.8 Å². The highest BCUT2D eigenvalue weighted by atomic mass is 19.4. The number of benzene rings is 1. The molecule has 1 aromatic carbocycles. The van der Waals surface area contributed by atoms with E-state index in [4.69, 9.17) is 9.47 Å². The average molecular weight is 334 g/mol. The third-order valence-corrected chi connectivity index (χ3v) is 2.87. The van der Waals surface area contributed by atoms with Gasteiger partial charge in [-0.05, 0) is 66.7 Å². The lowest BCUT2D eigenvalue weighted by Gasteiger charge is -2.32. The van der Waals surface area contributed by atoms with E-state index >= 15 is 0 Å². The zero-order valence-electron chi connectivity index (χ0n) is 14.6. The van der Waals surface area contributed by atoms with Crippen molar-refractivity contribution in [1.82, 2.24) is 0 Å². The van der Waals surface area contributed by atoms with Crippen molar-refractivity contribution in [3.8, 4) is 11.5 Å². The Balaban J connectivity index is 3.43. The first-order valence-corrected chi connectivity index (χ1v) is 7.35. The van der Waals surface area contributed by atoms with Crippen LogP contribution in [0.4, 0.5) is 13.2 Å². The molecule has 1 unspecified atom stereocenters. The van der Waals surface area contributed by atoms with Crippen molar-refractivity contribution in [1.29, 1.82) is 0 Å². The Labute approximate surface area is 135 Å². The molecule has 6 heteroatoms. The summed E-state index contributed by atoms with van der Waals surface area (Å²) in [5.74, 6) is 0.208. The summed E-state index contributed by atoms with van der Waals surface area (Å²) in [7, 11) is 0. The molecule has 0 heterocycles. The first-order valence-electron chi connectivity index (χ1n) is 7.35. The van der Waals surface area contributed by atoms with E-state index in [1.54, 1.807) is 41.5 Å². The molecular formula is C17H25F3O3. The van der Waals surface area contributed by atoms with Crippen LogP contribution < -0.4 is 9.47 Å². The van der Waals surface area contributed by atoms with Gasteiger partial charge in [-0.1, -0.05) is 0 Å². The zero-order chi connectivity index (χ0) is 18.3. The number of aliphatic hydroxyl groups is 1. The van der Waals surface area contributed by atoms with Crippen LogP contribution >= 0.6 is 0 Å². The Morgan fingerprint density at radius 2 is 1.30 bits per heavy atom. The van der Waals surface area contributed by atoms with Gasteiger partial charge in [0, 0.05) is 5.56 Å². The molecule has 0 saturated carbocycles. The molecule has 0 aromatic heterocycles. The van der Waals surface area contributed by atoms with Crippen LogP contribution in [0.1, 0.15) is 54.0 Å². The Bertz CT molecular complexity index is 550. The van der Waals surface area contributed by atoms with Gasteiger partial charge in [0.15, 0.2) is 5.60 Å². The van der Waals surface area contributed by atoms with Gasteiger partial charge in [-0.15, -0.1) is 0 Å². The molecule has 132 valence electrons. The molecule has 1 aromatic rings. The third kappa shape index (κ3) is 5.30. The summed E-state index contributed by atoms with van der Waals surface area (Å²) in [5, 5.41) is 10.1. The zero-order valence-corrected chi connectivity index (χ0v) is 14.6. The first kappa shape index (κ1) is 19.6. The molecule has 0 bridgehead atoms. The van der Waals surface area contributed by atoms with E-state index in [0.717, 1.165) is 0 Å². The smallest absolute Gasteiger partial charge is 0.421 e. The molecule has 3 nitrogen and oxygen atoms in total. The predicted molar refractivity (Wildman–Crippen MR) is 82.8 cm³/mol. The van der Waals surface area contributed by atoms with E-state index in [1.165, 1.54) is 18.2 Å². The summed E-state index contributed by atoms with van der Waals surface area (Å²) in [6.07, 6.45) is -4.84. The van der Waals surface area contributed by atoms with Crippen LogP contribution in [0.5, 0.6) is 11.5 Å². The maximum absolute atomic E-state index is 13.3. The first-order chi connectivity index (χ1) is 10.0. The van der Waals surface area contributed by atoms with Crippen LogP contribution in [0.3, 0.4) is 0 Å². The highest BCUT2D eigenvalue weighted by molar-refractivity contribution is 5.44. The Morgan fingerprint density at radius 3 is 1.70 bits per heavy atom. The number of rotatable bonds is 3. The lowest BCUT2D eigenvalue weighted by molar-refractivity contribution is -0.259. The van der Waals surface area contributed by atoms with Crippen LogP contribution in [0.25, 0.3) is 0 Å². The molecule has 0 saturated heterocycles. The van der Waals surface area contributed by atoms with Crippen molar-refractivity contribution in [3.63, 3.8) is 0 Å². The molecule has 1 N–H and O–H groups in total. The molecule has 0 aliphatic carbocycles. The summed E-state index contributed by atoms with van der Waals surface area (Å²) >= 11 is 0. The average Bonchev–Trinajstić information content (AvgIpc) is 2.25. The van der Waals surface area contributed by atoms with E-state index in [0.29, 0.717) is 6.92 Å². The second-order valence-corrected chi connectivity index (χ2v) is 7.66.